The van der Waals surface area contributed by atoms with Crippen molar-refractivity contribution in [2.75, 3.05) is 6.54 Å². The third-order valence-corrected chi connectivity index (χ3v) is 4.06. The summed E-state index contributed by atoms with van der Waals surface area (Å²) in [6.45, 7) is 9.03. The van der Waals surface area contributed by atoms with Crippen LogP contribution in [0.2, 0.25) is 0 Å². The lowest BCUT2D eigenvalue weighted by Crippen LogP contribution is -2.41. The van der Waals surface area contributed by atoms with Crippen LogP contribution in [0.1, 0.15) is 51.3 Å². The van der Waals surface area contributed by atoms with E-state index in [2.05, 4.69) is 55.7 Å². The van der Waals surface area contributed by atoms with Crippen LogP contribution in [-0.2, 0) is 10.2 Å². The third-order valence-electron chi connectivity index (χ3n) is 4.06. The molecule has 1 aliphatic heterocycles. The number of β-amino-alcohol motifs (C(OH)–C–C–N with tert-alkyl or cyclic N) is 1. The molecule has 0 aliphatic carbocycles. The van der Waals surface area contributed by atoms with Gasteiger partial charge in [0.25, 0.3) is 0 Å². The number of amides is 1. The highest BCUT2D eigenvalue weighted by Gasteiger charge is 2.28. The summed E-state index contributed by atoms with van der Waals surface area (Å²) in [5, 5.41) is 15.5. The number of aliphatic hydroxyl groups excluding tert-OH is 1. The fraction of sp³-hybridized carbons (Fsp3) is 0.588. The van der Waals surface area contributed by atoms with Crippen molar-refractivity contribution in [1.82, 2.24) is 10.6 Å². The molecule has 1 heterocycles. The Labute approximate surface area is 139 Å². The van der Waals surface area contributed by atoms with E-state index in [-0.39, 0.29) is 35.8 Å². The average Bonchev–Trinajstić information content (AvgIpc) is 2.84. The van der Waals surface area contributed by atoms with Crippen molar-refractivity contribution in [1.29, 1.82) is 0 Å². The predicted octanol–water partition coefficient (Wildman–Crippen LogP) is 2.31. The Bertz CT molecular complexity index is 496. The maximum absolute atomic E-state index is 12.1. The van der Waals surface area contributed by atoms with E-state index in [1.807, 2.05) is 6.92 Å². The van der Waals surface area contributed by atoms with Crippen LogP contribution < -0.4 is 10.6 Å². The minimum Gasteiger partial charge on any atom is -0.392 e. The van der Waals surface area contributed by atoms with Crippen LogP contribution >= 0.6 is 12.4 Å². The van der Waals surface area contributed by atoms with Gasteiger partial charge in [0.05, 0.1) is 18.2 Å². The Morgan fingerprint density at radius 1 is 1.32 bits per heavy atom. The number of carbonyl (C=O) groups is 1. The zero-order chi connectivity index (χ0) is 15.6. The minimum absolute atomic E-state index is 0. The Morgan fingerprint density at radius 3 is 2.36 bits per heavy atom. The molecule has 124 valence electrons. The zero-order valence-electron chi connectivity index (χ0n) is 13.7. The molecule has 3 unspecified atom stereocenters. The lowest BCUT2D eigenvalue weighted by Gasteiger charge is -2.21. The molecule has 2 rings (SSSR count). The first-order chi connectivity index (χ1) is 9.77. The molecule has 0 aromatic heterocycles. The molecule has 1 aliphatic rings. The summed E-state index contributed by atoms with van der Waals surface area (Å²) < 4.78 is 0. The van der Waals surface area contributed by atoms with Crippen molar-refractivity contribution < 1.29 is 9.90 Å². The number of halogens is 1. The monoisotopic (exact) mass is 326 g/mol. The molecule has 0 spiro atoms. The van der Waals surface area contributed by atoms with Crippen molar-refractivity contribution in [2.45, 2.75) is 57.7 Å². The lowest BCUT2D eigenvalue weighted by molar-refractivity contribution is -0.123. The molecule has 1 fully saturated rings. The number of carbonyl (C=O) groups excluding carboxylic acids is 1. The molecule has 3 atom stereocenters. The summed E-state index contributed by atoms with van der Waals surface area (Å²) in [5.74, 6) is -0.0426. The molecule has 3 N–H and O–H groups in total. The smallest absolute Gasteiger partial charge is 0.237 e. The number of hydrogen-bond acceptors (Lipinski definition) is 3. The van der Waals surface area contributed by atoms with Crippen molar-refractivity contribution in [2.24, 2.45) is 0 Å². The van der Waals surface area contributed by atoms with Crippen molar-refractivity contribution in [3.63, 3.8) is 0 Å². The topological polar surface area (TPSA) is 61.4 Å². The van der Waals surface area contributed by atoms with Gasteiger partial charge < -0.3 is 15.7 Å². The van der Waals surface area contributed by atoms with Gasteiger partial charge in [-0.05, 0) is 29.9 Å². The second-order valence-electron chi connectivity index (χ2n) is 6.95. The van der Waals surface area contributed by atoms with E-state index in [9.17, 15) is 9.90 Å². The van der Waals surface area contributed by atoms with Crippen LogP contribution in [0.4, 0.5) is 0 Å². The molecule has 1 aromatic rings. The Balaban J connectivity index is 0.00000242. The summed E-state index contributed by atoms with van der Waals surface area (Å²) >= 11 is 0. The maximum Gasteiger partial charge on any atom is 0.237 e. The SMILES string of the molecule is CC(NC(=O)C1CC(O)CN1)c1ccc(C(C)(C)C)cc1.Cl. The molecule has 0 radical (unpaired) electrons. The molecular weight excluding hydrogens is 300 g/mol. The number of benzene rings is 1. The first kappa shape index (κ1) is 18.9. The third kappa shape index (κ3) is 4.70. The second-order valence-corrected chi connectivity index (χ2v) is 6.95. The van der Waals surface area contributed by atoms with Crippen LogP contribution in [0.3, 0.4) is 0 Å². The molecule has 1 saturated heterocycles. The van der Waals surface area contributed by atoms with Gasteiger partial charge in [0, 0.05) is 6.54 Å². The largest absolute Gasteiger partial charge is 0.392 e. The van der Waals surface area contributed by atoms with Gasteiger partial charge >= 0.3 is 0 Å². The van der Waals surface area contributed by atoms with E-state index >= 15 is 0 Å². The Morgan fingerprint density at radius 2 is 1.91 bits per heavy atom. The summed E-state index contributed by atoms with van der Waals surface area (Å²) in [6.07, 6.45) is 0.0729. The summed E-state index contributed by atoms with van der Waals surface area (Å²) in [7, 11) is 0. The molecule has 0 saturated carbocycles. The number of rotatable bonds is 3. The number of hydrogen-bond donors (Lipinski definition) is 3. The average molecular weight is 327 g/mol. The first-order valence-corrected chi connectivity index (χ1v) is 7.59. The first-order valence-electron chi connectivity index (χ1n) is 7.59. The number of aliphatic hydroxyl groups is 1. The van der Waals surface area contributed by atoms with E-state index in [1.165, 1.54) is 5.56 Å². The van der Waals surface area contributed by atoms with Crippen LogP contribution in [0.15, 0.2) is 24.3 Å². The van der Waals surface area contributed by atoms with Gasteiger partial charge in [0.15, 0.2) is 0 Å². The highest BCUT2D eigenvalue weighted by atomic mass is 35.5. The van der Waals surface area contributed by atoms with Crippen molar-refractivity contribution >= 4 is 18.3 Å². The molecule has 5 heteroatoms. The predicted molar refractivity (Wildman–Crippen MR) is 91.4 cm³/mol. The van der Waals surface area contributed by atoms with Crippen LogP contribution in [-0.4, -0.2) is 29.7 Å². The van der Waals surface area contributed by atoms with Crippen LogP contribution in [0.5, 0.6) is 0 Å². The number of nitrogens with one attached hydrogen (secondary N) is 2. The molecular formula is C17H27ClN2O2. The summed E-state index contributed by atoms with van der Waals surface area (Å²) in [5.41, 5.74) is 2.51. The Kier molecular flexibility index (Phi) is 6.41. The normalized spacial score (nSPS) is 22.8. The fourth-order valence-electron chi connectivity index (χ4n) is 2.59. The summed E-state index contributed by atoms with van der Waals surface area (Å²) in [6, 6.07) is 8.07. The molecule has 4 nitrogen and oxygen atoms in total. The van der Waals surface area contributed by atoms with Crippen molar-refractivity contribution in [3.8, 4) is 0 Å². The van der Waals surface area contributed by atoms with E-state index in [4.69, 9.17) is 0 Å². The van der Waals surface area contributed by atoms with Crippen LogP contribution in [0.25, 0.3) is 0 Å². The molecule has 22 heavy (non-hydrogen) atoms. The molecule has 0 bridgehead atoms. The van der Waals surface area contributed by atoms with Gasteiger partial charge in [-0.1, -0.05) is 45.0 Å². The standard InChI is InChI=1S/C17H26N2O2.ClH/c1-11(19-16(21)15-9-14(20)10-18-15)12-5-7-13(8-6-12)17(2,3)4;/h5-8,11,14-15,18,20H,9-10H2,1-4H3,(H,19,21);1H. The Hall–Kier alpha value is -1.10. The van der Waals surface area contributed by atoms with Gasteiger partial charge in [0.1, 0.15) is 0 Å². The molecule has 1 amide bonds. The van der Waals surface area contributed by atoms with E-state index in [0.717, 1.165) is 5.56 Å². The van der Waals surface area contributed by atoms with Gasteiger partial charge in [-0.25, -0.2) is 0 Å². The van der Waals surface area contributed by atoms with Gasteiger partial charge in [0.2, 0.25) is 5.91 Å². The van der Waals surface area contributed by atoms with E-state index in [1.54, 1.807) is 0 Å². The van der Waals surface area contributed by atoms with Crippen molar-refractivity contribution in [3.05, 3.63) is 35.4 Å². The second kappa shape index (κ2) is 7.44. The van der Waals surface area contributed by atoms with Gasteiger partial charge in [-0.15, -0.1) is 12.4 Å². The fourth-order valence-corrected chi connectivity index (χ4v) is 2.59. The highest BCUT2D eigenvalue weighted by molar-refractivity contribution is 5.85. The quantitative estimate of drug-likeness (QED) is 0.798. The lowest BCUT2D eigenvalue weighted by atomic mass is 9.86. The minimum atomic E-state index is -0.415. The van der Waals surface area contributed by atoms with E-state index in [0.29, 0.717) is 13.0 Å². The highest BCUT2D eigenvalue weighted by Crippen LogP contribution is 2.24. The van der Waals surface area contributed by atoms with E-state index < -0.39 is 6.10 Å². The van der Waals surface area contributed by atoms with Gasteiger partial charge in [-0.3, -0.25) is 4.79 Å². The van der Waals surface area contributed by atoms with Crippen LogP contribution in [0, 0.1) is 0 Å². The zero-order valence-corrected chi connectivity index (χ0v) is 14.5. The maximum atomic E-state index is 12.1. The molecule has 1 aromatic carbocycles. The van der Waals surface area contributed by atoms with Gasteiger partial charge in [-0.2, -0.15) is 0 Å². The summed E-state index contributed by atoms with van der Waals surface area (Å²) in [4.78, 5) is 12.1.